The molecule has 1 fully saturated rings. The van der Waals surface area contributed by atoms with Crippen molar-refractivity contribution in [2.24, 2.45) is 5.92 Å². The van der Waals surface area contributed by atoms with Gasteiger partial charge in [0.1, 0.15) is 0 Å². The smallest absolute Gasteiger partial charge is 0.0644 e. The van der Waals surface area contributed by atoms with Gasteiger partial charge in [-0.3, -0.25) is 0 Å². The zero-order valence-corrected chi connectivity index (χ0v) is 8.62. The van der Waals surface area contributed by atoms with Gasteiger partial charge in [-0.1, -0.05) is 0 Å². The minimum atomic E-state index is -0.851. The standard InChI is InChI=1S/C10H20O3/c1-9(2,12)7-4-5-10(3,13)6-8(7)11/h7-8,11-13H,4-6H2,1-3H3. The van der Waals surface area contributed by atoms with E-state index in [1.807, 2.05) is 0 Å². The van der Waals surface area contributed by atoms with E-state index in [4.69, 9.17) is 0 Å². The first-order valence-corrected chi connectivity index (χ1v) is 4.85. The first-order valence-electron chi connectivity index (χ1n) is 4.85. The molecule has 13 heavy (non-hydrogen) atoms. The molecule has 1 rings (SSSR count). The van der Waals surface area contributed by atoms with Gasteiger partial charge in [0, 0.05) is 12.3 Å². The third-order valence-electron chi connectivity index (χ3n) is 3.01. The SMILES string of the molecule is CC1(O)CCC(C(C)(C)O)C(O)C1. The zero-order valence-electron chi connectivity index (χ0n) is 8.62. The Kier molecular flexibility index (Phi) is 2.72. The van der Waals surface area contributed by atoms with Crippen molar-refractivity contribution in [1.29, 1.82) is 0 Å². The van der Waals surface area contributed by atoms with E-state index in [2.05, 4.69) is 0 Å². The molecular formula is C10H20O3. The highest BCUT2D eigenvalue weighted by Crippen LogP contribution is 2.37. The third kappa shape index (κ3) is 2.66. The highest BCUT2D eigenvalue weighted by atomic mass is 16.3. The second-order valence-corrected chi connectivity index (χ2v) is 5.07. The molecule has 0 aromatic rings. The number of aliphatic hydroxyl groups excluding tert-OH is 1. The highest BCUT2D eigenvalue weighted by Gasteiger charge is 2.41. The van der Waals surface area contributed by atoms with Gasteiger partial charge >= 0.3 is 0 Å². The Balaban J connectivity index is 2.64. The summed E-state index contributed by atoms with van der Waals surface area (Å²) in [7, 11) is 0. The predicted octanol–water partition coefficient (Wildman–Crippen LogP) is 0.669. The zero-order chi connectivity index (χ0) is 10.3. The summed E-state index contributed by atoms with van der Waals surface area (Å²) in [6, 6.07) is 0. The van der Waals surface area contributed by atoms with Crippen molar-refractivity contribution in [3.63, 3.8) is 0 Å². The second kappa shape index (κ2) is 3.23. The van der Waals surface area contributed by atoms with E-state index in [0.29, 0.717) is 19.3 Å². The van der Waals surface area contributed by atoms with Gasteiger partial charge in [0.05, 0.1) is 17.3 Å². The monoisotopic (exact) mass is 188 g/mol. The Morgan fingerprint density at radius 2 is 1.92 bits per heavy atom. The molecule has 3 nitrogen and oxygen atoms in total. The topological polar surface area (TPSA) is 60.7 Å². The Morgan fingerprint density at radius 1 is 1.38 bits per heavy atom. The van der Waals surface area contributed by atoms with Crippen LogP contribution < -0.4 is 0 Å². The highest BCUT2D eigenvalue weighted by molar-refractivity contribution is 4.93. The van der Waals surface area contributed by atoms with Crippen molar-refractivity contribution in [2.45, 2.75) is 57.3 Å². The molecule has 0 aromatic carbocycles. The van der Waals surface area contributed by atoms with E-state index < -0.39 is 17.3 Å². The minimum Gasteiger partial charge on any atom is -0.393 e. The summed E-state index contributed by atoms with van der Waals surface area (Å²) in [5.41, 5.74) is -1.61. The fourth-order valence-corrected chi connectivity index (χ4v) is 2.18. The van der Waals surface area contributed by atoms with Gasteiger partial charge in [0.15, 0.2) is 0 Å². The summed E-state index contributed by atoms with van der Waals surface area (Å²) >= 11 is 0. The lowest BCUT2D eigenvalue weighted by atomic mass is 9.71. The lowest BCUT2D eigenvalue weighted by molar-refractivity contribution is -0.115. The summed E-state index contributed by atoms with van der Waals surface area (Å²) in [5, 5.41) is 29.1. The molecule has 3 atom stereocenters. The maximum absolute atomic E-state index is 9.74. The molecule has 3 N–H and O–H groups in total. The van der Waals surface area contributed by atoms with Crippen LogP contribution in [0.25, 0.3) is 0 Å². The molecule has 0 saturated heterocycles. The maximum Gasteiger partial charge on any atom is 0.0644 e. The van der Waals surface area contributed by atoms with E-state index in [1.165, 1.54) is 0 Å². The molecule has 1 aliphatic carbocycles. The Hall–Kier alpha value is -0.120. The van der Waals surface area contributed by atoms with Crippen LogP contribution in [-0.4, -0.2) is 32.6 Å². The van der Waals surface area contributed by atoms with E-state index in [1.54, 1.807) is 20.8 Å². The number of rotatable bonds is 1. The van der Waals surface area contributed by atoms with Gasteiger partial charge < -0.3 is 15.3 Å². The summed E-state index contributed by atoms with van der Waals surface area (Å²) in [5.74, 6) is -0.118. The Bertz CT molecular complexity index is 181. The lowest BCUT2D eigenvalue weighted by Gasteiger charge is -2.42. The number of aliphatic hydroxyl groups is 3. The normalized spacial score (nSPS) is 42.0. The molecule has 0 amide bonds. The van der Waals surface area contributed by atoms with Gasteiger partial charge in [0.2, 0.25) is 0 Å². The van der Waals surface area contributed by atoms with Crippen LogP contribution in [0.5, 0.6) is 0 Å². The fourth-order valence-electron chi connectivity index (χ4n) is 2.18. The van der Waals surface area contributed by atoms with E-state index in [-0.39, 0.29) is 5.92 Å². The van der Waals surface area contributed by atoms with Gasteiger partial charge in [-0.05, 0) is 33.6 Å². The van der Waals surface area contributed by atoms with Gasteiger partial charge in [0.25, 0.3) is 0 Å². The summed E-state index contributed by atoms with van der Waals surface area (Å²) in [6.45, 7) is 5.15. The van der Waals surface area contributed by atoms with E-state index in [9.17, 15) is 15.3 Å². The molecule has 0 radical (unpaired) electrons. The van der Waals surface area contributed by atoms with Crippen LogP contribution in [0.1, 0.15) is 40.0 Å². The number of hydrogen-bond donors (Lipinski definition) is 3. The average Bonchev–Trinajstić information content (AvgIpc) is 1.80. The lowest BCUT2D eigenvalue weighted by Crippen LogP contribution is -2.47. The molecule has 0 heterocycles. The van der Waals surface area contributed by atoms with Crippen molar-refractivity contribution in [1.82, 2.24) is 0 Å². The summed E-state index contributed by atoms with van der Waals surface area (Å²) < 4.78 is 0. The van der Waals surface area contributed by atoms with Gasteiger partial charge in [-0.2, -0.15) is 0 Å². The van der Waals surface area contributed by atoms with Crippen molar-refractivity contribution in [3.8, 4) is 0 Å². The molecular weight excluding hydrogens is 168 g/mol. The van der Waals surface area contributed by atoms with Crippen molar-refractivity contribution >= 4 is 0 Å². The van der Waals surface area contributed by atoms with Crippen LogP contribution in [0.2, 0.25) is 0 Å². The van der Waals surface area contributed by atoms with Crippen molar-refractivity contribution in [2.75, 3.05) is 0 Å². The van der Waals surface area contributed by atoms with E-state index >= 15 is 0 Å². The molecule has 1 saturated carbocycles. The third-order valence-corrected chi connectivity index (χ3v) is 3.01. The quantitative estimate of drug-likeness (QED) is 0.567. The predicted molar refractivity (Wildman–Crippen MR) is 50.3 cm³/mol. The van der Waals surface area contributed by atoms with Gasteiger partial charge in [-0.15, -0.1) is 0 Å². The average molecular weight is 188 g/mol. The largest absolute Gasteiger partial charge is 0.393 e. The molecule has 1 aliphatic rings. The molecule has 3 unspecified atom stereocenters. The van der Waals surface area contributed by atoms with Gasteiger partial charge in [-0.25, -0.2) is 0 Å². The maximum atomic E-state index is 9.74. The molecule has 0 aromatic heterocycles. The molecule has 78 valence electrons. The van der Waals surface area contributed by atoms with Crippen LogP contribution in [0.3, 0.4) is 0 Å². The Morgan fingerprint density at radius 3 is 2.31 bits per heavy atom. The fraction of sp³-hybridized carbons (Fsp3) is 1.00. The minimum absolute atomic E-state index is 0.118. The second-order valence-electron chi connectivity index (χ2n) is 5.07. The van der Waals surface area contributed by atoms with Crippen molar-refractivity contribution < 1.29 is 15.3 Å². The van der Waals surface area contributed by atoms with Crippen LogP contribution in [-0.2, 0) is 0 Å². The van der Waals surface area contributed by atoms with Crippen LogP contribution in [0, 0.1) is 5.92 Å². The summed E-state index contributed by atoms with van der Waals surface area (Å²) in [6.07, 6.45) is 1.10. The van der Waals surface area contributed by atoms with E-state index in [0.717, 1.165) is 0 Å². The molecule has 0 bridgehead atoms. The van der Waals surface area contributed by atoms with Crippen LogP contribution in [0.15, 0.2) is 0 Å². The molecule has 0 aliphatic heterocycles. The van der Waals surface area contributed by atoms with Crippen molar-refractivity contribution in [3.05, 3.63) is 0 Å². The Labute approximate surface area is 79.4 Å². The molecule has 3 heteroatoms. The van der Waals surface area contributed by atoms with Crippen LogP contribution in [0.4, 0.5) is 0 Å². The number of hydrogen-bond acceptors (Lipinski definition) is 3. The molecule has 0 spiro atoms. The first kappa shape index (κ1) is 11.0. The van der Waals surface area contributed by atoms with Crippen LogP contribution >= 0.6 is 0 Å². The summed E-state index contributed by atoms with van der Waals surface area (Å²) in [4.78, 5) is 0. The first-order chi connectivity index (χ1) is 5.72.